The van der Waals surface area contributed by atoms with Gasteiger partial charge >= 0.3 is 0 Å². The number of benzene rings is 2. The lowest BCUT2D eigenvalue weighted by Gasteiger charge is -2.10. The van der Waals surface area contributed by atoms with Gasteiger partial charge in [0.25, 0.3) is 5.91 Å². The molecule has 5 nitrogen and oxygen atoms in total. The Hall–Kier alpha value is -2.82. The van der Waals surface area contributed by atoms with Crippen molar-refractivity contribution in [2.45, 2.75) is 20.3 Å². The van der Waals surface area contributed by atoms with E-state index in [0.717, 1.165) is 17.5 Å². The molecule has 2 aromatic rings. The summed E-state index contributed by atoms with van der Waals surface area (Å²) in [6.45, 7) is 4.65. The van der Waals surface area contributed by atoms with Crippen molar-refractivity contribution in [1.82, 2.24) is 5.43 Å². The van der Waals surface area contributed by atoms with E-state index in [9.17, 15) is 4.79 Å². The molecule has 0 fully saturated rings. The quantitative estimate of drug-likeness (QED) is 0.625. The number of amides is 1. The molecule has 0 radical (unpaired) electrons. The molecule has 0 aromatic heterocycles. The number of hydrazone groups is 1. The molecule has 1 amide bonds. The molecule has 1 N–H and O–H groups in total. The van der Waals surface area contributed by atoms with Crippen molar-refractivity contribution in [2.24, 2.45) is 5.10 Å². The summed E-state index contributed by atoms with van der Waals surface area (Å²) in [7, 11) is 1.59. The van der Waals surface area contributed by atoms with Gasteiger partial charge in [0.2, 0.25) is 0 Å². The van der Waals surface area contributed by atoms with Gasteiger partial charge in [0.05, 0.1) is 19.9 Å². The van der Waals surface area contributed by atoms with Gasteiger partial charge in [-0.1, -0.05) is 24.6 Å². The van der Waals surface area contributed by atoms with Crippen molar-refractivity contribution in [3.8, 4) is 11.5 Å². The van der Waals surface area contributed by atoms with E-state index in [1.807, 2.05) is 44.2 Å². The highest BCUT2D eigenvalue weighted by Gasteiger charge is 2.05. The first-order valence-corrected chi connectivity index (χ1v) is 7.85. The Labute approximate surface area is 142 Å². The lowest BCUT2D eigenvalue weighted by atomic mass is 10.1. The van der Waals surface area contributed by atoms with Crippen LogP contribution in [0.1, 0.15) is 34.8 Å². The van der Waals surface area contributed by atoms with Gasteiger partial charge in [-0.3, -0.25) is 4.79 Å². The second-order valence-corrected chi connectivity index (χ2v) is 5.32. The average Bonchev–Trinajstić information content (AvgIpc) is 2.60. The van der Waals surface area contributed by atoms with Crippen LogP contribution >= 0.6 is 0 Å². The first-order valence-electron chi connectivity index (χ1n) is 7.85. The van der Waals surface area contributed by atoms with Crippen LogP contribution in [0, 0.1) is 6.92 Å². The van der Waals surface area contributed by atoms with Gasteiger partial charge in [0.1, 0.15) is 0 Å². The second kappa shape index (κ2) is 8.72. The zero-order valence-corrected chi connectivity index (χ0v) is 14.2. The summed E-state index contributed by atoms with van der Waals surface area (Å²) in [6, 6.07) is 12.8. The molecule has 0 saturated heterocycles. The SMILES string of the molecule is CCCOc1ccc(C=NNC(=O)c2ccc(C)cc2)cc1OC. The molecule has 24 heavy (non-hydrogen) atoms. The van der Waals surface area contributed by atoms with Crippen LogP contribution in [0.5, 0.6) is 11.5 Å². The molecule has 0 aliphatic carbocycles. The molecular weight excluding hydrogens is 304 g/mol. The molecule has 0 spiro atoms. The van der Waals surface area contributed by atoms with E-state index < -0.39 is 0 Å². The van der Waals surface area contributed by atoms with Gasteiger partial charge in [0.15, 0.2) is 11.5 Å². The number of methoxy groups -OCH3 is 1. The van der Waals surface area contributed by atoms with Gasteiger partial charge in [-0.05, 0) is 49.2 Å². The molecule has 0 heterocycles. The van der Waals surface area contributed by atoms with Gasteiger partial charge in [-0.15, -0.1) is 0 Å². The van der Waals surface area contributed by atoms with E-state index in [2.05, 4.69) is 10.5 Å². The summed E-state index contributed by atoms with van der Waals surface area (Å²) in [5.74, 6) is 1.08. The Balaban J connectivity index is 2.00. The molecule has 126 valence electrons. The lowest BCUT2D eigenvalue weighted by molar-refractivity contribution is 0.0955. The Bertz CT molecular complexity index is 709. The number of nitrogens with one attached hydrogen (secondary N) is 1. The van der Waals surface area contributed by atoms with Crippen molar-refractivity contribution < 1.29 is 14.3 Å². The lowest BCUT2D eigenvalue weighted by Crippen LogP contribution is -2.17. The fourth-order valence-corrected chi connectivity index (χ4v) is 2.03. The summed E-state index contributed by atoms with van der Waals surface area (Å²) in [4.78, 5) is 12.0. The van der Waals surface area contributed by atoms with Crippen LogP contribution in [-0.2, 0) is 0 Å². The predicted octanol–water partition coefficient (Wildman–Crippen LogP) is 3.56. The number of nitrogens with zero attached hydrogens (tertiary/aromatic N) is 1. The van der Waals surface area contributed by atoms with Crippen LogP contribution in [0.15, 0.2) is 47.6 Å². The second-order valence-electron chi connectivity index (χ2n) is 5.32. The van der Waals surface area contributed by atoms with Crippen molar-refractivity contribution >= 4 is 12.1 Å². The number of aryl methyl sites for hydroxylation is 1. The Kier molecular flexibility index (Phi) is 6.37. The minimum atomic E-state index is -0.249. The summed E-state index contributed by atoms with van der Waals surface area (Å²) in [5, 5.41) is 3.99. The first-order chi connectivity index (χ1) is 11.6. The highest BCUT2D eigenvalue weighted by atomic mass is 16.5. The van der Waals surface area contributed by atoms with E-state index in [4.69, 9.17) is 9.47 Å². The van der Waals surface area contributed by atoms with Crippen LogP contribution in [-0.4, -0.2) is 25.8 Å². The third-order valence-electron chi connectivity index (χ3n) is 3.34. The van der Waals surface area contributed by atoms with Crippen LogP contribution < -0.4 is 14.9 Å². The predicted molar refractivity (Wildman–Crippen MR) is 95.0 cm³/mol. The summed E-state index contributed by atoms with van der Waals surface area (Å²) in [6.07, 6.45) is 2.50. The van der Waals surface area contributed by atoms with Gasteiger partial charge in [0, 0.05) is 5.56 Å². The van der Waals surface area contributed by atoms with Gasteiger partial charge in [-0.25, -0.2) is 5.43 Å². The maximum atomic E-state index is 12.0. The number of carbonyl (C=O) groups is 1. The smallest absolute Gasteiger partial charge is 0.271 e. The van der Waals surface area contributed by atoms with Crippen LogP contribution in [0.25, 0.3) is 0 Å². The summed E-state index contributed by atoms with van der Waals surface area (Å²) in [5.41, 5.74) is 4.99. The molecule has 5 heteroatoms. The Morgan fingerprint density at radius 1 is 1.17 bits per heavy atom. The maximum absolute atomic E-state index is 12.0. The molecule has 0 saturated carbocycles. The van der Waals surface area contributed by atoms with Gasteiger partial charge in [-0.2, -0.15) is 5.10 Å². The van der Waals surface area contributed by atoms with Crippen molar-refractivity contribution in [1.29, 1.82) is 0 Å². The van der Waals surface area contributed by atoms with Crippen LogP contribution in [0.2, 0.25) is 0 Å². The topological polar surface area (TPSA) is 59.9 Å². The average molecular weight is 326 g/mol. The van der Waals surface area contributed by atoms with Crippen molar-refractivity contribution in [2.75, 3.05) is 13.7 Å². The Morgan fingerprint density at radius 2 is 1.92 bits per heavy atom. The fourth-order valence-electron chi connectivity index (χ4n) is 2.03. The molecule has 0 aliphatic rings. The molecule has 0 aliphatic heterocycles. The summed E-state index contributed by atoms with van der Waals surface area (Å²) >= 11 is 0. The third kappa shape index (κ3) is 4.84. The fraction of sp³-hybridized carbons (Fsp3) is 0.263. The normalized spacial score (nSPS) is 10.6. The first kappa shape index (κ1) is 17.5. The minimum Gasteiger partial charge on any atom is -0.493 e. The number of carbonyl (C=O) groups excluding carboxylic acids is 1. The minimum absolute atomic E-state index is 0.249. The molecule has 2 rings (SSSR count). The van der Waals surface area contributed by atoms with E-state index in [-0.39, 0.29) is 5.91 Å². The molecular formula is C19H22N2O3. The third-order valence-corrected chi connectivity index (χ3v) is 3.34. The highest BCUT2D eigenvalue weighted by Crippen LogP contribution is 2.27. The monoisotopic (exact) mass is 326 g/mol. The number of hydrogen-bond donors (Lipinski definition) is 1. The molecule has 0 unspecified atom stereocenters. The Morgan fingerprint density at radius 3 is 2.58 bits per heavy atom. The zero-order chi connectivity index (χ0) is 17.4. The standard InChI is InChI=1S/C19H22N2O3/c1-4-11-24-17-10-7-15(12-18(17)23-3)13-20-21-19(22)16-8-5-14(2)6-9-16/h5-10,12-13H,4,11H2,1-3H3,(H,21,22). The molecule has 0 atom stereocenters. The van der Waals surface area contributed by atoms with Crippen molar-refractivity contribution in [3.63, 3.8) is 0 Å². The van der Waals surface area contributed by atoms with Crippen LogP contribution in [0.3, 0.4) is 0 Å². The maximum Gasteiger partial charge on any atom is 0.271 e. The molecule has 2 aromatic carbocycles. The van der Waals surface area contributed by atoms with Crippen LogP contribution in [0.4, 0.5) is 0 Å². The van der Waals surface area contributed by atoms with Gasteiger partial charge < -0.3 is 9.47 Å². The highest BCUT2D eigenvalue weighted by molar-refractivity contribution is 5.94. The van der Waals surface area contributed by atoms with E-state index in [1.54, 1.807) is 25.5 Å². The summed E-state index contributed by atoms with van der Waals surface area (Å²) < 4.78 is 10.9. The van der Waals surface area contributed by atoms with E-state index >= 15 is 0 Å². The number of ether oxygens (including phenoxy) is 2. The van der Waals surface area contributed by atoms with Crippen molar-refractivity contribution in [3.05, 3.63) is 59.2 Å². The van der Waals surface area contributed by atoms with E-state index in [1.165, 1.54) is 0 Å². The number of rotatable bonds is 7. The molecule has 0 bridgehead atoms. The largest absolute Gasteiger partial charge is 0.493 e. The van der Waals surface area contributed by atoms with E-state index in [0.29, 0.717) is 23.7 Å². The number of hydrogen-bond acceptors (Lipinski definition) is 4. The zero-order valence-electron chi connectivity index (χ0n) is 14.2.